The Hall–Kier alpha value is -4.57. The molecule has 0 radical (unpaired) electrons. The van der Waals surface area contributed by atoms with Crippen molar-refractivity contribution < 1.29 is 9.53 Å². The number of hydrogen-bond donors (Lipinski definition) is 3. The number of nitrogens with two attached hydrogens (primary N) is 1. The molecule has 1 aliphatic heterocycles. The van der Waals surface area contributed by atoms with Crippen molar-refractivity contribution in [2.24, 2.45) is 11.8 Å². The minimum absolute atomic E-state index is 0.289. The minimum Gasteiger partial charge on any atom is -0.488 e. The van der Waals surface area contributed by atoms with Crippen LogP contribution in [0.15, 0.2) is 96.3 Å². The summed E-state index contributed by atoms with van der Waals surface area (Å²) in [7, 11) is 0. The van der Waals surface area contributed by atoms with Crippen molar-refractivity contribution in [2.75, 3.05) is 18.9 Å². The Morgan fingerprint density at radius 1 is 1.01 bits per heavy atom. The fraction of sp³-hybridized carbons (Fsp3) is 0.533. The summed E-state index contributed by atoms with van der Waals surface area (Å²) in [6.07, 6.45) is 26.2. The number of anilines is 1. The Bertz CT molecular complexity index is 2060. The molecule has 0 spiro atoms. The predicted molar refractivity (Wildman–Crippen MR) is 291 cm³/mol. The number of halogens is 1. The number of fused-ring (bicyclic) bond motifs is 1. The lowest BCUT2D eigenvalue weighted by atomic mass is 9.90. The molecular formula is C60H89ClN4O2. The number of aryl methyl sites for hydroxylation is 2. The van der Waals surface area contributed by atoms with Crippen LogP contribution in [0.5, 0.6) is 5.75 Å². The monoisotopic (exact) mass is 933 g/mol. The molecule has 4 N–H and O–H groups in total. The molecule has 1 fully saturated rings. The van der Waals surface area contributed by atoms with Gasteiger partial charge in [0.15, 0.2) is 0 Å². The highest BCUT2D eigenvalue weighted by molar-refractivity contribution is 6.33. The van der Waals surface area contributed by atoms with Crippen molar-refractivity contribution in [1.29, 1.82) is 5.26 Å². The molecule has 368 valence electrons. The molecule has 0 bridgehead atoms. The maximum absolute atomic E-state index is 10.8. The minimum atomic E-state index is 0.289. The normalized spacial score (nSPS) is 15.4. The Labute approximate surface area is 414 Å². The molecule has 0 saturated carbocycles. The molecular weight excluding hydrogens is 844 g/mol. The van der Waals surface area contributed by atoms with Crippen LogP contribution in [0.1, 0.15) is 174 Å². The van der Waals surface area contributed by atoms with E-state index >= 15 is 0 Å². The number of ether oxygens (including phenoxy) is 1. The zero-order valence-electron chi connectivity index (χ0n) is 43.5. The number of unbranched alkanes of at least 4 members (excludes halogenated alkanes) is 2. The lowest BCUT2D eigenvalue weighted by molar-refractivity contribution is -0.118. The average molecular weight is 934 g/mol. The Kier molecular flexibility index (Phi) is 29.6. The zero-order chi connectivity index (χ0) is 49.6. The largest absolute Gasteiger partial charge is 0.488 e. The van der Waals surface area contributed by atoms with Crippen molar-refractivity contribution in [2.45, 2.75) is 185 Å². The van der Waals surface area contributed by atoms with Gasteiger partial charge in [-0.1, -0.05) is 167 Å². The van der Waals surface area contributed by atoms with Crippen LogP contribution in [0.25, 0.3) is 11.1 Å². The van der Waals surface area contributed by atoms with Crippen molar-refractivity contribution in [1.82, 2.24) is 10.6 Å². The summed E-state index contributed by atoms with van der Waals surface area (Å²) in [6.45, 7) is 26.8. The van der Waals surface area contributed by atoms with Gasteiger partial charge in [0.2, 0.25) is 0 Å². The molecule has 2 atom stereocenters. The third-order valence-corrected chi connectivity index (χ3v) is 12.9. The number of nitrogen functional groups attached to an aromatic ring is 1. The fourth-order valence-electron chi connectivity index (χ4n) is 8.66. The number of carbonyl (C=O) groups is 1. The van der Waals surface area contributed by atoms with Gasteiger partial charge in [0.25, 0.3) is 0 Å². The Morgan fingerprint density at radius 3 is 2.39 bits per heavy atom. The van der Waals surface area contributed by atoms with Crippen LogP contribution in [0, 0.1) is 30.1 Å². The molecule has 3 aromatic rings. The summed E-state index contributed by atoms with van der Waals surface area (Å²) >= 11 is 6.31. The van der Waals surface area contributed by atoms with Gasteiger partial charge in [-0.2, -0.15) is 5.26 Å². The first kappa shape index (κ1) is 58.6. The van der Waals surface area contributed by atoms with E-state index in [1.807, 2.05) is 32.1 Å². The molecule has 7 heteroatoms. The van der Waals surface area contributed by atoms with Gasteiger partial charge in [-0.15, -0.1) is 0 Å². The van der Waals surface area contributed by atoms with Crippen LogP contribution in [0.3, 0.4) is 0 Å². The summed E-state index contributed by atoms with van der Waals surface area (Å²) < 4.78 is 6.12. The first-order chi connectivity index (χ1) is 32.4. The molecule has 1 saturated heterocycles. The van der Waals surface area contributed by atoms with Crippen LogP contribution >= 0.6 is 11.6 Å². The van der Waals surface area contributed by atoms with E-state index in [-0.39, 0.29) is 6.61 Å². The number of nitrogens with one attached hydrogen (secondary N) is 2. The van der Waals surface area contributed by atoms with Gasteiger partial charge in [0.1, 0.15) is 18.1 Å². The average Bonchev–Trinajstić information content (AvgIpc) is 3.82. The maximum atomic E-state index is 10.8. The van der Waals surface area contributed by atoms with E-state index in [0.717, 1.165) is 62.6 Å². The molecule has 6 nitrogen and oxygen atoms in total. The summed E-state index contributed by atoms with van der Waals surface area (Å²) in [5.41, 5.74) is 19.3. The zero-order valence-corrected chi connectivity index (χ0v) is 44.3. The van der Waals surface area contributed by atoms with Crippen LogP contribution in [-0.4, -0.2) is 25.0 Å². The number of nitriles is 1. The van der Waals surface area contributed by atoms with E-state index in [1.54, 1.807) is 30.2 Å². The van der Waals surface area contributed by atoms with E-state index in [9.17, 15) is 10.1 Å². The highest BCUT2D eigenvalue weighted by Gasteiger charge is 2.18. The van der Waals surface area contributed by atoms with Gasteiger partial charge in [-0.25, -0.2) is 0 Å². The maximum Gasteiger partial charge on any atom is 0.130 e. The standard InChI is InChI=1S/C28H39ClN4O.C19H22.C11H22O.C2H6/c1-5-8-24-11-12-25(18-33-24)32-17-23-14-26(29)27(31)15-28(23)34-19-21(6-2)13-22(16-30)10-7-9-20(3)4;1-3-7-15-8-4-11-17(14(15)2)19-13-6-10-16-9-5-12-18(16)19;1-4-6-7-8-11(5-2)9-10(3)12;1-2/h6,8,10,13-15,20,25,32-33H,2,5,7,9,11-12,17-19,31H2,1,3-4H3;4,6,8,10-11,13H,3,5,7,9,12H2,1-2H3;11H,4-9H2,1-3H3;1-2H3/b21-13+,22-10+,24-8+;;;. The van der Waals surface area contributed by atoms with Crippen molar-refractivity contribution in [3.05, 3.63) is 129 Å². The van der Waals surface area contributed by atoms with E-state index < -0.39 is 0 Å². The lowest BCUT2D eigenvalue weighted by Crippen LogP contribution is -2.41. The number of Topliss-reactive ketones (excluding diaryl/α,β-unsaturated/α-hetero) is 1. The second-order valence-corrected chi connectivity index (χ2v) is 18.8. The second-order valence-electron chi connectivity index (χ2n) is 18.4. The second kappa shape index (κ2) is 33.8. The number of nitrogens with zero attached hydrogens (tertiary/aromatic N) is 1. The Balaban J connectivity index is 0.000000388. The number of allylic oxidation sites excluding steroid dienone is 5. The van der Waals surface area contributed by atoms with Crippen LogP contribution in [0.4, 0.5) is 5.69 Å². The molecule has 2 unspecified atom stereocenters. The summed E-state index contributed by atoms with van der Waals surface area (Å²) in [4.78, 5) is 10.8. The summed E-state index contributed by atoms with van der Waals surface area (Å²) in [5.74, 6) is 2.27. The predicted octanol–water partition coefficient (Wildman–Crippen LogP) is 16.1. The highest BCUT2D eigenvalue weighted by atomic mass is 35.5. The van der Waals surface area contributed by atoms with Crippen molar-refractivity contribution in [3.63, 3.8) is 0 Å². The van der Waals surface area contributed by atoms with E-state index in [1.165, 1.54) is 85.7 Å². The third-order valence-electron chi connectivity index (χ3n) is 12.6. The molecule has 0 amide bonds. The van der Waals surface area contributed by atoms with Crippen molar-refractivity contribution in [3.8, 4) is 22.9 Å². The van der Waals surface area contributed by atoms with Gasteiger partial charge >= 0.3 is 0 Å². The quantitative estimate of drug-likeness (QED) is 0.0402. The SMILES string of the molecule is C=C/C(=C\C(C#N)=C/CCC(C)C)COc1cc(N)c(Cl)cc1CNC1CC/C(=C\CC)NC1.CC.CCCCCC(CC)CC(C)=O.CCCc1cccc(-c2cccc3c2CCC3)c1C. The van der Waals surface area contributed by atoms with Gasteiger partial charge in [0, 0.05) is 48.5 Å². The summed E-state index contributed by atoms with van der Waals surface area (Å²) in [6, 6.07) is 19.9. The summed E-state index contributed by atoms with van der Waals surface area (Å²) in [5, 5.41) is 17.1. The third kappa shape index (κ3) is 21.5. The number of carbonyl (C=O) groups excluding carboxylic acids is 1. The number of rotatable bonds is 22. The Morgan fingerprint density at radius 2 is 1.76 bits per heavy atom. The number of benzene rings is 3. The van der Waals surface area contributed by atoms with Gasteiger partial charge in [-0.3, -0.25) is 0 Å². The number of ketones is 1. The highest BCUT2D eigenvalue weighted by Crippen LogP contribution is 2.35. The van der Waals surface area contributed by atoms with E-state index in [2.05, 4.69) is 114 Å². The van der Waals surface area contributed by atoms with E-state index in [0.29, 0.717) is 52.2 Å². The molecule has 1 aliphatic carbocycles. The van der Waals surface area contributed by atoms with Crippen molar-refractivity contribution >= 4 is 23.1 Å². The van der Waals surface area contributed by atoms with Crippen LogP contribution in [0.2, 0.25) is 5.02 Å². The first-order valence-corrected chi connectivity index (χ1v) is 26.2. The topological polar surface area (TPSA) is 100 Å². The fourth-order valence-corrected chi connectivity index (χ4v) is 8.85. The molecule has 0 aromatic heterocycles. The van der Waals surface area contributed by atoms with Gasteiger partial charge in [-0.05, 0) is 135 Å². The van der Waals surface area contributed by atoms with E-state index in [4.69, 9.17) is 22.1 Å². The number of piperidine rings is 1. The van der Waals surface area contributed by atoms with Gasteiger partial charge in [0.05, 0.1) is 16.8 Å². The number of hydrogen-bond acceptors (Lipinski definition) is 6. The van der Waals surface area contributed by atoms with Crippen LogP contribution in [-0.2, 0) is 30.6 Å². The molecule has 5 rings (SSSR count). The molecule has 3 aromatic carbocycles. The molecule has 2 aliphatic rings. The molecule has 67 heavy (non-hydrogen) atoms. The first-order valence-electron chi connectivity index (χ1n) is 25.9. The van der Waals surface area contributed by atoms with Gasteiger partial charge < -0.3 is 25.9 Å². The smallest absolute Gasteiger partial charge is 0.130 e. The lowest BCUT2D eigenvalue weighted by Gasteiger charge is -2.27. The van der Waals surface area contributed by atoms with Crippen LogP contribution < -0.4 is 21.1 Å². The molecule has 1 heterocycles.